The van der Waals surface area contributed by atoms with E-state index in [9.17, 15) is 9.59 Å². The van der Waals surface area contributed by atoms with E-state index in [1.165, 1.54) is 28.7 Å². The maximum atomic E-state index is 12.1. The fourth-order valence-electron chi connectivity index (χ4n) is 1.53. The van der Waals surface area contributed by atoms with Gasteiger partial charge in [0.15, 0.2) is 21.9 Å². The van der Waals surface area contributed by atoms with Crippen molar-refractivity contribution in [3.63, 3.8) is 0 Å². The lowest BCUT2D eigenvalue weighted by Gasteiger charge is -2.12. The molecule has 2 heterocycles. The van der Waals surface area contributed by atoms with Crippen LogP contribution in [0.4, 0.5) is 0 Å². The normalized spacial score (nSPS) is 12.1. The van der Waals surface area contributed by atoms with Gasteiger partial charge in [-0.2, -0.15) is 0 Å². The van der Waals surface area contributed by atoms with E-state index in [-0.39, 0.29) is 10.8 Å². The molecule has 0 spiro atoms. The highest BCUT2D eigenvalue weighted by molar-refractivity contribution is 7.15. The third-order valence-electron chi connectivity index (χ3n) is 2.49. The van der Waals surface area contributed by atoms with Crippen LogP contribution in [0.5, 0.6) is 0 Å². The first-order chi connectivity index (χ1) is 9.54. The Hall–Kier alpha value is -1.86. The Balaban J connectivity index is 2.11. The van der Waals surface area contributed by atoms with Crippen LogP contribution in [0, 0.1) is 0 Å². The van der Waals surface area contributed by atoms with Crippen molar-refractivity contribution in [2.75, 3.05) is 6.54 Å². The van der Waals surface area contributed by atoms with Gasteiger partial charge in [0, 0.05) is 18.1 Å². The molecule has 0 aliphatic heterocycles. The van der Waals surface area contributed by atoms with Crippen LogP contribution in [-0.4, -0.2) is 33.9 Å². The van der Waals surface area contributed by atoms with Gasteiger partial charge in [0.2, 0.25) is 0 Å². The van der Waals surface area contributed by atoms with Gasteiger partial charge in [-0.25, -0.2) is 9.78 Å². The quantitative estimate of drug-likeness (QED) is 0.676. The van der Waals surface area contributed by atoms with E-state index >= 15 is 0 Å². The van der Waals surface area contributed by atoms with Crippen LogP contribution in [0.15, 0.2) is 24.2 Å². The van der Waals surface area contributed by atoms with Gasteiger partial charge in [-0.15, -0.1) is 17.9 Å². The topological polar surface area (TPSA) is 72.7 Å². The largest absolute Gasteiger partial charge is 0.448 e. The molecule has 0 fully saturated rings. The van der Waals surface area contributed by atoms with E-state index in [1.807, 2.05) is 0 Å². The Kier molecular flexibility index (Phi) is 4.41. The predicted molar refractivity (Wildman–Crippen MR) is 76.2 cm³/mol. The summed E-state index contributed by atoms with van der Waals surface area (Å²) in [6.07, 6.45) is 2.27. The monoisotopic (exact) mass is 313 g/mol. The molecule has 0 aromatic carbocycles. The Morgan fingerprint density at radius 2 is 2.45 bits per heavy atom. The van der Waals surface area contributed by atoms with Crippen LogP contribution in [-0.2, 0) is 9.53 Å². The number of hydrogen-bond donors (Lipinski definition) is 1. The lowest BCUT2D eigenvalue weighted by molar-refractivity contribution is -0.128. The number of nitrogens with zero attached hydrogens (tertiary/aromatic N) is 2. The lowest BCUT2D eigenvalue weighted by atomic mass is 10.3. The van der Waals surface area contributed by atoms with Gasteiger partial charge in [-0.05, 0) is 6.92 Å². The summed E-state index contributed by atoms with van der Waals surface area (Å²) in [6, 6.07) is 0. The van der Waals surface area contributed by atoms with E-state index in [0.29, 0.717) is 11.5 Å². The maximum Gasteiger partial charge on any atom is 0.359 e. The third-order valence-corrected chi connectivity index (χ3v) is 3.51. The van der Waals surface area contributed by atoms with Crippen LogP contribution in [0.2, 0.25) is 5.15 Å². The van der Waals surface area contributed by atoms with Crippen LogP contribution < -0.4 is 5.32 Å². The standard InChI is InChI=1S/C12H12ClN3O3S/c1-3-4-14-10(17)7(2)19-11(18)8-9(13)15-12-16(8)5-6-20-12/h3,5-7H,1,4H2,2H3,(H,14,17)/t7-/m1/s1. The highest BCUT2D eigenvalue weighted by Gasteiger charge is 2.24. The molecule has 2 aromatic heterocycles. The van der Waals surface area contributed by atoms with Gasteiger partial charge in [0.25, 0.3) is 5.91 Å². The van der Waals surface area contributed by atoms with Crippen molar-refractivity contribution in [2.45, 2.75) is 13.0 Å². The van der Waals surface area contributed by atoms with Crippen LogP contribution in [0.25, 0.3) is 4.96 Å². The number of carbonyl (C=O) groups excluding carboxylic acids is 2. The molecule has 20 heavy (non-hydrogen) atoms. The fourth-order valence-corrected chi connectivity index (χ4v) is 2.54. The number of amides is 1. The number of carbonyl (C=O) groups is 2. The molecule has 6 nitrogen and oxygen atoms in total. The molecule has 0 aliphatic carbocycles. The van der Waals surface area contributed by atoms with Gasteiger partial charge in [-0.3, -0.25) is 9.20 Å². The van der Waals surface area contributed by atoms with Crippen LogP contribution >= 0.6 is 22.9 Å². The van der Waals surface area contributed by atoms with Crippen LogP contribution in [0.3, 0.4) is 0 Å². The lowest BCUT2D eigenvalue weighted by Crippen LogP contribution is -2.36. The van der Waals surface area contributed by atoms with Gasteiger partial charge in [0.1, 0.15) is 0 Å². The van der Waals surface area contributed by atoms with Crippen molar-refractivity contribution in [3.05, 3.63) is 35.1 Å². The van der Waals surface area contributed by atoms with E-state index in [0.717, 1.165) is 0 Å². The molecule has 1 N–H and O–H groups in total. The molecule has 2 rings (SSSR count). The SMILES string of the molecule is C=CCNC(=O)[C@@H](C)OC(=O)c1c(Cl)nc2sccn12. The highest BCUT2D eigenvalue weighted by atomic mass is 35.5. The zero-order valence-corrected chi connectivity index (χ0v) is 12.2. The fraction of sp³-hybridized carbons (Fsp3) is 0.250. The van der Waals surface area contributed by atoms with E-state index in [1.54, 1.807) is 11.6 Å². The van der Waals surface area contributed by atoms with E-state index in [2.05, 4.69) is 16.9 Å². The van der Waals surface area contributed by atoms with Crippen LogP contribution in [0.1, 0.15) is 17.4 Å². The number of ether oxygens (including phenoxy) is 1. The van der Waals surface area contributed by atoms with Crippen molar-refractivity contribution in [2.24, 2.45) is 0 Å². The van der Waals surface area contributed by atoms with E-state index < -0.39 is 18.0 Å². The predicted octanol–water partition coefficient (Wildman–Crippen LogP) is 1.90. The van der Waals surface area contributed by atoms with Crippen molar-refractivity contribution in [1.29, 1.82) is 0 Å². The molecule has 0 saturated heterocycles. The summed E-state index contributed by atoms with van der Waals surface area (Å²) in [5.74, 6) is -1.09. The van der Waals surface area contributed by atoms with Gasteiger partial charge in [0.05, 0.1) is 0 Å². The molecule has 2 aromatic rings. The Morgan fingerprint density at radius 3 is 3.15 bits per heavy atom. The van der Waals surface area contributed by atoms with Gasteiger partial charge < -0.3 is 10.1 Å². The Labute approximate surface area is 124 Å². The minimum atomic E-state index is -0.928. The first-order valence-electron chi connectivity index (χ1n) is 5.75. The molecule has 0 aliphatic rings. The number of rotatable bonds is 5. The van der Waals surface area contributed by atoms with Crippen molar-refractivity contribution >= 4 is 39.8 Å². The second kappa shape index (κ2) is 6.06. The number of esters is 1. The zero-order valence-electron chi connectivity index (χ0n) is 10.6. The summed E-state index contributed by atoms with van der Waals surface area (Å²) in [4.78, 5) is 28.3. The summed E-state index contributed by atoms with van der Waals surface area (Å²) >= 11 is 7.26. The maximum absolute atomic E-state index is 12.1. The zero-order chi connectivity index (χ0) is 14.7. The molecule has 0 radical (unpaired) electrons. The summed E-state index contributed by atoms with van der Waals surface area (Å²) < 4.78 is 6.62. The molecular formula is C12H12ClN3O3S. The third kappa shape index (κ3) is 2.83. The second-order valence-corrected chi connectivity index (χ2v) is 5.12. The number of halogens is 1. The summed E-state index contributed by atoms with van der Waals surface area (Å²) in [7, 11) is 0. The average Bonchev–Trinajstić information content (AvgIpc) is 2.94. The van der Waals surface area contributed by atoms with Crippen molar-refractivity contribution in [1.82, 2.24) is 14.7 Å². The molecule has 8 heteroatoms. The van der Waals surface area contributed by atoms with Crippen molar-refractivity contribution < 1.29 is 14.3 Å². The number of fused-ring (bicyclic) bond motifs is 1. The second-order valence-electron chi connectivity index (χ2n) is 3.89. The van der Waals surface area contributed by atoms with Crippen molar-refractivity contribution in [3.8, 4) is 0 Å². The Bertz CT molecular complexity index is 664. The van der Waals surface area contributed by atoms with E-state index in [4.69, 9.17) is 16.3 Å². The number of aromatic nitrogens is 2. The molecule has 0 saturated carbocycles. The van der Waals surface area contributed by atoms with Gasteiger partial charge in [-0.1, -0.05) is 17.7 Å². The molecule has 0 bridgehead atoms. The minimum Gasteiger partial charge on any atom is -0.448 e. The molecule has 106 valence electrons. The molecule has 1 amide bonds. The average molecular weight is 314 g/mol. The summed E-state index contributed by atoms with van der Waals surface area (Å²) in [5.41, 5.74) is 0.117. The smallest absolute Gasteiger partial charge is 0.359 e. The Morgan fingerprint density at radius 1 is 1.70 bits per heavy atom. The first-order valence-corrected chi connectivity index (χ1v) is 7.01. The number of thiazole rings is 1. The summed E-state index contributed by atoms with van der Waals surface area (Å²) in [5, 5.41) is 4.37. The molecule has 1 atom stereocenters. The first kappa shape index (κ1) is 14.5. The number of hydrogen-bond acceptors (Lipinski definition) is 5. The minimum absolute atomic E-state index is 0.0561. The number of imidazole rings is 1. The molecule has 0 unspecified atom stereocenters. The molecular weight excluding hydrogens is 302 g/mol. The summed E-state index contributed by atoms with van der Waals surface area (Å²) in [6.45, 7) is 5.27. The highest BCUT2D eigenvalue weighted by Crippen LogP contribution is 2.22. The number of nitrogens with one attached hydrogen (secondary N) is 1. The van der Waals surface area contributed by atoms with Gasteiger partial charge >= 0.3 is 5.97 Å².